The lowest BCUT2D eigenvalue weighted by atomic mass is 9.95. The highest BCUT2D eigenvalue weighted by atomic mass is 16.5. The van der Waals surface area contributed by atoms with Crippen LogP contribution in [0, 0.1) is 26.8 Å². The van der Waals surface area contributed by atoms with Gasteiger partial charge < -0.3 is 4.74 Å². The van der Waals surface area contributed by atoms with Crippen molar-refractivity contribution in [2.75, 3.05) is 6.61 Å². The molecule has 2 aromatic rings. The number of rotatable bonds is 5. The fraction of sp³-hybridized carbons (Fsp3) is 0.278. The number of Topliss-reactive ketones (excluding diaryl/α,β-unsaturated/α-hetero) is 1. The fourth-order valence-corrected chi connectivity index (χ4v) is 2.11. The van der Waals surface area contributed by atoms with Crippen LogP contribution in [-0.2, 0) is 0 Å². The molecular formula is C18H19O2. The summed E-state index contributed by atoms with van der Waals surface area (Å²) in [6.07, 6.45) is 0.381. The maximum Gasteiger partial charge on any atom is 0.166 e. The Morgan fingerprint density at radius 1 is 1.10 bits per heavy atom. The number of ether oxygens (including phenoxy) is 1. The summed E-state index contributed by atoms with van der Waals surface area (Å²) in [7, 11) is 0. The van der Waals surface area contributed by atoms with Gasteiger partial charge in [-0.25, -0.2) is 0 Å². The van der Waals surface area contributed by atoms with Crippen molar-refractivity contribution in [3.8, 4) is 5.75 Å². The summed E-state index contributed by atoms with van der Waals surface area (Å²) in [6.45, 7) is 6.49. The first-order valence-corrected chi connectivity index (χ1v) is 6.79. The van der Waals surface area contributed by atoms with Crippen molar-refractivity contribution in [3.05, 3.63) is 64.7 Å². The summed E-state index contributed by atoms with van der Waals surface area (Å²) in [5, 5.41) is 0. The lowest BCUT2D eigenvalue weighted by Gasteiger charge is -2.11. The normalized spacial score (nSPS) is 10.3. The molecule has 0 spiro atoms. The number of para-hydroxylation sites is 1. The van der Waals surface area contributed by atoms with Gasteiger partial charge in [-0.15, -0.1) is 0 Å². The van der Waals surface area contributed by atoms with Gasteiger partial charge >= 0.3 is 0 Å². The average molecular weight is 267 g/mol. The van der Waals surface area contributed by atoms with E-state index in [0.717, 1.165) is 11.1 Å². The molecule has 0 aliphatic rings. The van der Waals surface area contributed by atoms with Crippen molar-refractivity contribution >= 4 is 5.78 Å². The monoisotopic (exact) mass is 267 g/mol. The Balaban J connectivity index is 1.97. The van der Waals surface area contributed by atoms with Crippen molar-refractivity contribution in [1.29, 1.82) is 0 Å². The van der Waals surface area contributed by atoms with Gasteiger partial charge in [-0.1, -0.05) is 30.3 Å². The second kappa shape index (κ2) is 6.38. The first-order chi connectivity index (χ1) is 9.59. The maximum absolute atomic E-state index is 12.2. The van der Waals surface area contributed by atoms with E-state index >= 15 is 0 Å². The average Bonchev–Trinajstić information content (AvgIpc) is 2.46. The van der Waals surface area contributed by atoms with Crippen LogP contribution in [0.15, 0.2) is 36.4 Å². The molecule has 0 atom stereocenters. The summed E-state index contributed by atoms with van der Waals surface area (Å²) >= 11 is 0. The van der Waals surface area contributed by atoms with Crippen LogP contribution in [0.2, 0.25) is 0 Å². The number of hydrogen-bond donors (Lipinski definition) is 0. The molecular weight excluding hydrogens is 248 g/mol. The minimum Gasteiger partial charge on any atom is -0.492 e. The van der Waals surface area contributed by atoms with Crippen LogP contribution >= 0.6 is 0 Å². The Hall–Kier alpha value is -2.09. The Kier molecular flexibility index (Phi) is 4.57. The highest BCUT2D eigenvalue weighted by Crippen LogP contribution is 2.18. The molecule has 2 heteroatoms. The summed E-state index contributed by atoms with van der Waals surface area (Å²) in [6, 6.07) is 14.3. The summed E-state index contributed by atoms with van der Waals surface area (Å²) in [4.78, 5) is 12.2. The number of aryl methyl sites for hydroxylation is 1. The van der Waals surface area contributed by atoms with E-state index in [0.29, 0.717) is 18.8 Å². The van der Waals surface area contributed by atoms with Crippen molar-refractivity contribution in [1.82, 2.24) is 0 Å². The van der Waals surface area contributed by atoms with E-state index in [-0.39, 0.29) is 5.78 Å². The smallest absolute Gasteiger partial charge is 0.166 e. The lowest BCUT2D eigenvalue weighted by Crippen LogP contribution is -2.09. The molecule has 0 fully saturated rings. The van der Waals surface area contributed by atoms with Crippen molar-refractivity contribution in [2.45, 2.75) is 27.2 Å². The molecule has 1 radical (unpaired) electrons. The van der Waals surface area contributed by atoms with E-state index in [1.807, 2.05) is 37.3 Å². The molecule has 0 aliphatic carbocycles. The molecule has 20 heavy (non-hydrogen) atoms. The van der Waals surface area contributed by atoms with E-state index in [1.54, 1.807) is 6.07 Å². The molecule has 0 bridgehead atoms. The molecule has 0 aliphatic heterocycles. The molecule has 2 rings (SSSR count). The Labute approximate surface area is 120 Å². The van der Waals surface area contributed by atoms with Crippen molar-refractivity contribution in [2.24, 2.45) is 0 Å². The molecule has 103 valence electrons. The zero-order chi connectivity index (χ0) is 14.5. The molecule has 0 heterocycles. The molecule has 0 N–H and O–H groups in total. The fourth-order valence-electron chi connectivity index (χ4n) is 2.11. The molecule has 2 aromatic carbocycles. The van der Waals surface area contributed by atoms with Crippen LogP contribution < -0.4 is 4.74 Å². The van der Waals surface area contributed by atoms with E-state index in [9.17, 15) is 4.79 Å². The topological polar surface area (TPSA) is 26.3 Å². The molecule has 0 unspecified atom stereocenters. The van der Waals surface area contributed by atoms with E-state index in [1.165, 1.54) is 11.1 Å². The number of hydrogen-bond acceptors (Lipinski definition) is 2. The largest absolute Gasteiger partial charge is 0.492 e. The van der Waals surface area contributed by atoms with E-state index < -0.39 is 0 Å². The molecule has 0 amide bonds. The third-order valence-electron chi connectivity index (χ3n) is 3.63. The number of carbonyl (C=O) groups excluding carboxylic acids is 1. The van der Waals surface area contributed by atoms with Crippen LogP contribution in [0.1, 0.15) is 33.5 Å². The minimum atomic E-state index is 0.126. The van der Waals surface area contributed by atoms with Crippen LogP contribution in [0.3, 0.4) is 0 Å². The standard InChI is InChI=1S/C18H19O2/c1-13-9-10-17(15(3)14(13)2)18(19)11-12-20-16-7-5-4-6-8-16/h4-7,9-10H,11-12H2,1-3H3. The van der Waals surface area contributed by atoms with Gasteiger partial charge in [-0.3, -0.25) is 4.79 Å². The van der Waals surface area contributed by atoms with Gasteiger partial charge in [0.15, 0.2) is 5.78 Å². The molecule has 2 nitrogen and oxygen atoms in total. The van der Waals surface area contributed by atoms with Crippen LogP contribution in [0.5, 0.6) is 5.75 Å². The third kappa shape index (κ3) is 3.27. The number of carbonyl (C=O) groups is 1. The van der Waals surface area contributed by atoms with Gasteiger partial charge in [0.05, 0.1) is 6.61 Å². The lowest BCUT2D eigenvalue weighted by molar-refractivity contribution is 0.0961. The number of ketones is 1. The summed E-state index contributed by atoms with van der Waals surface area (Å²) < 4.78 is 5.52. The minimum absolute atomic E-state index is 0.126. The summed E-state index contributed by atoms with van der Waals surface area (Å²) in [5.41, 5.74) is 4.28. The Bertz CT molecular complexity index is 600. The van der Waals surface area contributed by atoms with Crippen molar-refractivity contribution < 1.29 is 9.53 Å². The second-order valence-electron chi connectivity index (χ2n) is 4.93. The SMILES string of the molecule is Cc1ccc(C(=O)CCOc2[c]cccc2)c(C)c1C. The van der Waals surface area contributed by atoms with Crippen molar-refractivity contribution in [3.63, 3.8) is 0 Å². The van der Waals surface area contributed by atoms with Gasteiger partial charge in [0.25, 0.3) is 0 Å². The van der Waals surface area contributed by atoms with Crippen LogP contribution in [0.25, 0.3) is 0 Å². The summed E-state index contributed by atoms with van der Waals surface area (Å²) in [5.74, 6) is 0.804. The Morgan fingerprint density at radius 2 is 1.90 bits per heavy atom. The van der Waals surface area contributed by atoms with Gasteiger partial charge in [0.2, 0.25) is 0 Å². The maximum atomic E-state index is 12.2. The number of benzene rings is 2. The van der Waals surface area contributed by atoms with E-state index in [2.05, 4.69) is 19.9 Å². The van der Waals surface area contributed by atoms with Gasteiger partial charge in [0, 0.05) is 18.1 Å². The first-order valence-electron chi connectivity index (χ1n) is 6.79. The predicted molar refractivity (Wildman–Crippen MR) is 80.4 cm³/mol. The van der Waals surface area contributed by atoms with Gasteiger partial charge in [-0.2, -0.15) is 0 Å². The molecule has 0 saturated heterocycles. The van der Waals surface area contributed by atoms with Gasteiger partial charge in [-0.05, 0) is 43.5 Å². The zero-order valence-corrected chi connectivity index (χ0v) is 12.2. The van der Waals surface area contributed by atoms with E-state index in [4.69, 9.17) is 4.74 Å². The molecule has 0 saturated carbocycles. The highest BCUT2D eigenvalue weighted by Gasteiger charge is 2.11. The first kappa shape index (κ1) is 14.3. The third-order valence-corrected chi connectivity index (χ3v) is 3.63. The quantitative estimate of drug-likeness (QED) is 0.763. The van der Waals surface area contributed by atoms with Crippen LogP contribution in [0.4, 0.5) is 0 Å². The van der Waals surface area contributed by atoms with Crippen LogP contribution in [-0.4, -0.2) is 12.4 Å². The zero-order valence-electron chi connectivity index (χ0n) is 12.2. The molecule has 0 aromatic heterocycles. The Morgan fingerprint density at radius 3 is 2.60 bits per heavy atom. The second-order valence-corrected chi connectivity index (χ2v) is 4.93. The van der Waals surface area contributed by atoms with Gasteiger partial charge in [0.1, 0.15) is 5.75 Å². The highest BCUT2D eigenvalue weighted by molar-refractivity contribution is 5.97. The predicted octanol–water partition coefficient (Wildman–Crippen LogP) is 4.06.